The van der Waals surface area contributed by atoms with Crippen LogP contribution in [0.2, 0.25) is 0 Å². The van der Waals surface area contributed by atoms with E-state index in [1.807, 2.05) is 20.8 Å². The van der Waals surface area contributed by atoms with Crippen LogP contribution in [0.4, 0.5) is 4.79 Å². The van der Waals surface area contributed by atoms with E-state index in [4.69, 9.17) is 14.6 Å². The normalized spacial score (nSPS) is 30.6. The molecule has 2 rings (SSSR count). The zero-order valence-corrected chi connectivity index (χ0v) is 12.3. The van der Waals surface area contributed by atoms with Gasteiger partial charge in [-0.1, -0.05) is 0 Å². The molecule has 2 aliphatic heterocycles. The van der Waals surface area contributed by atoms with E-state index in [9.17, 15) is 9.59 Å². The molecule has 1 amide bonds. The molecule has 0 aromatic rings. The van der Waals surface area contributed by atoms with Gasteiger partial charge in [-0.25, -0.2) is 9.59 Å². The standard InChI is InChI=1S/C14H23NO5/c1-13(2,3)20-12(18)15-6-4-5-14(8-15)7-10(11(16)17)19-9-14/h10H,4-9H2,1-3H3,(H,16,17)/t10-,14+/m0/s1. The number of amides is 1. The van der Waals surface area contributed by atoms with Crippen molar-refractivity contribution in [1.29, 1.82) is 0 Å². The Hall–Kier alpha value is -1.30. The fourth-order valence-electron chi connectivity index (χ4n) is 2.92. The molecule has 2 heterocycles. The summed E-state index contributed by atoms with van der Waals surface area (Å²) in [6, 6.07) is 0. The number of rotatable bonds is 1. The van der Waals surface area contributed by atoms with Crippen LogP contribution in [-0.4, -0.2) is 53.5 Å². The van der Waals surface area contributed by atoms with E-state index < -0.39 is 17.7 Å². The number of carboxylic acid groups (broad SMARTS) is 1. The molecule has 0 aromatic heterocycles. The van der Waals surface area contributed by atoms with Crippen LogP contribution in [0.5, 0.6) is 0 Å². The highest BCUT2D eigenvalue weighted by molar-refractivity contribution is 5.73. The molecular formula is C14H23NO5. The van der Waals surface area contributed by atoms with Crippen LogP contribution in [0.25, 0.3) is 0 Å². The van der Waals surface area contributed by atoms with Gasteiger partial charge in [0.2, 0.25) is 0 Å². The number of ether oxygens (including phenoxy) is 2. The number of nitrogens with zero attached hydrogens (tertiary/aromatic N) is 1. The minimum Gasteiger partial charge on any atom is -0.479 e. The summed E-state index contributed by atoms with van der Waals surface area (Å²) in [6.07, 6.45) is 1.16. The molecule has 2 fully saturated rings. The molecule has 0 bridgehead atoms. The fraction of sp³-hybridized carbons (Fsp3) is 0.857. The van der Waals surface area contributed by atoms with E-state index in [0.717, 1.165) is 12.8 Å². The molecule has 20 heavy (non-hydrogen) atoms. The lowest BCUT2D eigenvalue weighted by Crippen LogP contribution is -2.48. The highest BCUT2D eigenvalue weighted by atomic mass is 16.6. The molecule has 0 saturated carbocycles. The summed E-state index contributed by atoms with van der Waals surface area (Å²) in [5.74, 6) is -0.920. The summed E-state index contributed by atoms with van der Waals surface area (Å²) >= 11 is 0. The van der Waals surface area contributed by atoms with Crippen LogP contribution < -0.4 is 0 Å². The minimum absolute atomic E-state index is 0.224. The van der Waals surface area contributed by atoms with E-state index in [2.05, 4.69) is 0 Å². The maximum Gasteiger partial charge on any atom is 0.410 e. The predicted octanol–water partition coefficient (Wildman–Crippen LogP) is 1.88. The molecule has 0 radical (unpaired) electrons. The summed E-state index contributed by atoms with van der Waals surface area (Å²) in [7, 11) is 0. The monoisotopic (exact) mass is 285 g/mol. The van der Waals surface area contributed by atoms with Crippen molar-refractivity contribution in [3.63, 3.8) is 0 Å². The van der Waals surface area contributed by atoms with Crippen molar-refractivity contribution in [3.8, 4) is 0 Å². The van der Waals surface area contributed by atoms with Crippen molar-refractivity contribution in [3.05, 3.63) is 0 Å². The van der Waals surface area contributed by atoms with Crippen LogP contribution in [-0.2, 0) is 14.3 Å². The first kappa shape index (κ1) is 15.1. The second kappa shape index (κ2) is 5.24. The van der Waals surface area contributed by atoms with Gasteiger partial charge in [-0.2, -0.15) is 0 Å². The van der Waals surface area contributed by atoms with E-state index in [1.54, 1.807) is 4.90 Å². The first-order chi connectivity index (χ1) is 9.21. The molecule has 114 valence electrons. The minimum atomic E-state index is -0.920. The molecule has 6 nitrogen and oxygen atoms in total. The fourth-order valence-corrected chi connectivity index (χ4v) is 2.92. The molecule has 0 aliphatic carbocycles. The highest BCUT2D eigenvalue weighted by Gasteiger charge is 2.46. The summed E-state index contributed by atoms with van der Waals surface area (Å²) in [5, 5.41) is 9.02. The van der Waals surface area contributed by atoms with Crippen LogP contribution in [0, 0.1) is 5.41 Å². The number of carbonyl (C=O) groups excluding carboxylic acids is 1. The maximum atomic E-state index is 12.1. The summed E-state index contributed by atoms with van der Waals surface area (Å²) in [5.41, 5.74) is -0.740. The number of aliphatic carboxylic acids is 1. The van der Waals surface area contributed by atoms with Gasteiger partial charge in [-0.05, 0) is 40.0 Å². The largest absolute Gasteiger partial charge is 0.479 e. The van der Waals surface area contributed by atoms with Gasteiger partial charge in [0.05, 0.1) is 6.61 Å². The van der Waals surface area contributed by atoms with Gasteiger partial charge in [0.25, 0.3) is 0 Å². The van der Waals surface area contributed by atoms with E-state index in [-0.39, 0.29) is 11.5 Å². The molecule has 2 saturated heterocycles. The van der Waals surface area contributed by atoms with E-state index in [0.29, 0.717) is 26.1 Å². The lowest BCUT2D eigenvalue weighted by atomic mass is 9.78. The highest BCUT2D eigenvalue weighted by Crippen LogP contribution is 2.40. The third kappa shape index (κ3) is 3.42. The van der Waals surface area contributed by atoms with Crippen LogP contribution in [0.1, 0.15) is 40.0 Å². The Kier molecular flexibility index (Phi) is 3.95. The molecule has 1 spiro atoms. The zero-order valence-electron chi connectivity index (χ0n) is 12.3. The van der Waals surface area contributed by atoms with Gasteiger partial charge in [0.1, 0.15) is 5.60 Å². The quantitative estimate of drug-likeness (QED) is 0.796. The van der Waals surface area contributed by atoms with Crippen molar-refractivity contribution in [2.24, 2.45) is 5.41 Å². The zero-order chi connectivity index (χ0) is 15.0. The van der Waals surface area contributed by atoms with Crippen LogP contribution in [0.3, 0.4) is 0 Å². The van der Waals surface area contributed by atoms with Crippen LogP contribution >= 0.6 is 0 Å². The summed E-state index contributed by atoms with van der Waals surface area (Å²) in [4.78, 5) is 24.8. The molecule has 0 unspecified atom stereocenters. The molecule has 6 heteroatoms. The van der Waals surface area contributed by atoms with Gasteiger partial charge >= 0.3 is 12.1 Å². The Bertz CT molecular complexity index is 403. The average Bonchev–Trinajstić information content (AvgIpc) is 2.71. The molecule has 2 aliphatic rings. The first-order valence-electron chi connectivity index (χ1n) is 7.03. The smallest absolute Gasteiger partial charge is 0.410 e. The first-order valence-corrected chi connectivity index (χ1v) is 7.03. The van der Waals surface area contributed by atoms with Gasteiger partial charge in [0, 0.05) is 18.5 Å². The Balaban J connectivity index is 1.99. The molecule has 2 atom stereocenters. The van der Waals surface area contributed by atoms with Crippen molar-refractivity contribution in [2.75, 3.05) is 19.7 Å². The number of hydrogen-bond acceptors (Lipinski definition) is 4. The number of hydrogen-bond donors (Lipinski definition) is 1. The second-order valence-corrected chi connectivity index (χ2v) is 6.85. The average molecular weight is 285 g/mol. The van der Waals surface area contributed by atoms with Crippen molar-refractivity contribution in [2.45, 2.75) is 51.7 Å². The Labute approximate surface area is 119 Å². The van der Waals surface area contributed by atoms with E-state index >= 15 is 0 Å². The summed E-state index contributed by atoms with van der Waals surface area (Å²) in [6.45, 7) is 7.10. The topological polar surface area (TPSA) is 76.1 Å². The van der Waals surface area contributed by atoms with Gasteiger partial charge in [-0.3, -0.25) is 0 Å². The Morgan fingerprint density at radius 2 is 2.10 bits per heavy atom. The number of carboxylic acids is 1. The summed E-state index contributed by atoms with van der Waals surface area (Å²) < 4.78 is 10.7. The van der Waals surface area contributed by atoms with Crippen molar-refractivity contribution >= 4 is 12.1 Å². The lowest BCUT2D eigenvalue weighted by molar-refractivity contribution is -0.147. The third-order valence-corrected chi connectivity index (χ3v) is 3.80. The van der Waals surface area contributed by atoms with Crippen molar-refractivity contribution in [1.82, 2.24) is 4.90 Å². The van der Waals surface area contributed by atoms with E-state index in [1.165, 1.54) is 0 Å². The Morgan fingerprint density at radius 3 is 2.65 bits per heavy atom. The molecule has 0 aromatic carbocycles. The second-order valence-electron chi connectivity index (χ2n) is 6.85. The predicted molar refractivity (Wildman–Crippen MR) is 71.5 cm³/mol. The number of piperidine rings is 1. The number of carbonyl (C=O) groups is 2. The third-order valence-electron chi connectivity index (χ3n) is 3.80. The lowest BCUT2D eigenvalue weighted by Gasteiger charge is -2.39. The van der Waals surface area contributed by atoms with Gasteiger partial charge in [0.15, 0.2) is 6.10 Å². The van der Waals surface area contributed by atoms with Gasteiger partial charge < -0.3 is 19.5 Å². The maximum absolute atomic E-state index is 12.1. The molecular weight excluding hydrogens is 262 g/mol. The Morgan fingerprint density at radius 1 is 1.40 bits per heavy atom. The molecule has 1 N–H and O–H groups in total. The number of likely N-dealkylation sites (tertiary alicyclic amines) is 1. The van der Waals surface area contributed by atoms with Gasteiger partial charge in [-0.15, -0.1) is 0 Å². The van der Waals surface area contributed by atoms with Crippen molar-refractivity contribution < 1.29 is 24.2 Å². The SMILES string of the molecule is CC(C)(C)OC(=O)N1CCC[C@]2(CO[C@H](C(=O)O)C2)C1. The van der Waals surface area contributed by atoms with Crippen LogP contribution in [0.15, 0.2) is 0 Å².